The second-order valence-electron chi connectivity index (χ2n) is 9.57. The van der Waals surface area contributed by atoms with Gasteiger partial charge in [-0.1, -0.05) is 115 Å². The molecule has 0 heterocycles. The van der Waals surface area contributed by atoms with Crippen LogP contribution in [0, 0.1) is 0 Å². The zero-order chi connectivity index (χ0) is 24.6. The van der Waals surface area contributed by atoms with Crippen LogP contribution in [0.4, 0.5) is 0 Å². The number of fused-ring (bicyclic) bond motifs is 1. The maximum atomic E-state index is 13.7. The van der Waals surface area contributed by atoms with E-state index >= 15 is 0 Å². The number of hydrogen-bond donors (Lipinski definition) is 0. The van der Waals surface area contributed by atoms with Gasteiger partial charge in [0.05, 0.1) is 0 Å². The number of ether oxygens (including phenoxy) is 1. The van der Waals surface area contributed by atoms with Gasteiger partial charge in [0.2, 0.25) is 4.90 Å². The smallest absolute Gasteiger partial charge is 0.308 e. The molecule has 3 nitrogen and oxygen atoms in total. The number of benzene rings is 2. The van der Waals surface area contributed by atoms with Crippen LogP contribution in [0.5, 0.6) is 5.75 Å². The number of unbranched alkanes of at least 4 members (excludes halogenated alkanes) is 12. The Morgan fingerprint density at radius 2 is 1.38 bits per heavy atom. The third-order valence-corrected chi connectivity index (χ3v) is 8.68. The third-order valence-electron chi connectivity index (χ3n) is 6.69. The molecule has 0 fully saturated rings. The lowest BCUT2D eigenvalue weighted by molar-refractivity contribution is -0.132. The summed E-state index contributed by atoms with van der Waals surface area (Å²) in [5.41, 5.74) is 0. The van der Waals surface area contributed by atoms with Crippen molar-refractivity contribution in [3.05, 3.63) is 36.4 Å². The molecule has 0 amide bonds. The van der Waals surface area contributed by atoms with E-state index in [2.05, 4.69) is 13.8 Å². The van der Waals surface area contributed by atoms with Crippen molar-refractivity contribution in [2.45, 2.75) is 127 Å². The average Bonchev–Trinajstić information content (AvgIpc) is 2.83. The van der Waals surface area contributed by atoms with Crippen molar-refractivity contribution >= 4 is 27.9 Å². The number of hydrogen-bond acceptors (Lipinski definition) is 3. The monoisotopic (exact) mass is 486 g/mol. The molecular formula is C30H46O3S. The lowest BCUT2D eigenvalue weighted by Gasteiger charge is -2.23. The van der Waals surface area contributed by atoms with Crippen LogP contribution in [0.15, 0.2) is 41.3 Å². The fraction of sp³-hybridized carbons (Fsp3) is 0.633. The van der Waals surface area contributed by atoms with Gasteiger partial charge in [-0.15, -0.1) is 0 Å². The summed E-state index contributed by atoms with van der Waals surface area (Å²) in [5, 5.41) is 2.02. The summed E-state index contributed by atoms with van der Waals surface area (Å²) in [4.78, 5) is 12.3. The van der Waals surface area contributed by atoms with E-state index in [0.717, 1.165) is 30.0 Å². The molecule has 0 aliphatic carbocycles. The molecule has 0 saturated heterocycles. The minimum atomic E-state index is -1.22. The van der Waals surface area contributed by atoms with Gasteiger partial charge in [0, 0.05) is 12.3 Å². The van der Waals surface area contributed by atoms with E-state index in [0.29, 0.717) is 10.6 Å². The van der Waals surface area contributed by atoms with Crippen LogP contribution < -0.4 is 4.74 Å². The Kier molecular flexibility index (Phi) is 14.4. The molecule has 2 unspecified atom stereocenters. The Hall–Kier alpha value is -1.52. The van der Waals surface area contributed by atoms with E-state index in [9.17, 15) is 9.35 Å². The van der Waals surface area contributed by atoms with Crippen LogP contribution in [0.1, 0.15) is 117 Å². The van der Waals surface area contributed by atoms with Crippen molar-refractivity contribution in [3.8, 4) is 5.75 Å². The van der Waals surface area contributed by atoms with Gasteiger partial charge in [0.25, 0.3) is 0 Å². The summed E-state index contributed by atoms with van der Waals surface area (Å²) in [5.74, 6) is 0.0615. The summed E-state index contributed by atoms with van der Waals surface area (Å²) >= 11 is -1.22. The zero-order valence-electron chi connectivity index (χ0n) is 21.8. The molecule has 0 N–H and O–H groups in total. The number of esters is 1. The lowest BCUT2D eigenvalue weighted by atomic mass is 10.0. The van der Waals surface area contributed by atoms with Crippen LogP contribution in [-0.2, 0) is 16.0 Å². The van der Waals surface area contributed by atoms with Crippen LogP contribution >= 0.6 is 0 Å². The second kappa shape index (κ2) is 17.0. The number of carbonyl (C=O) groups excluding carboxylic acids is 1. The fourth-order valence-corrected chi connectivity index (χ4v) is 6.41. The molecule has 190 valence electrons. The van der Waals surface area contributed by atoms with E-state index in [-0.39, 0.29) is 11.2 Å². The van der Waals surface area contributed by atoms with Gasteiger partial charge in [0.15, 0.2) is 5.75 Å². The second-order valence-corrected chi connectivity index (χ2v) is 11.2. The molecule has 0 aromatic heterocycles. The molecule has 0 aliphatic rings. The van der Waals surface area contributed by atoms with Crippen molar-refractivity contribution in [1.29, 1.82) is 0 Å². The highest BCUT2D eigenvalue weighted by atomic mass is 32.2. The third kappa shape index (κ3) is 10.00. The normalized spacial score (nSPS) is 13.2. The van der Waals surface area contributed by atoms with Crippen LogP contribution in [0.3, 0.4) is 0 Å². The fourth-order valence-electron chi connectivity index (χ4n) is 4.68. The van der Waals surface area contributed by atoms with Crippen molar-refractivity contribution in [2.24, 2.45) is 0 Å². The van der Waals surface area contributed by atoms with Crippen LogP contribution in [0.2, 0.25) is 0 Å². The van der Waals surface area contributed by atoms with E-state index in [1.165, 1.54) is 84.0 Å². The van der Waals surface area contributed by atoms with Gasteiger partial charge in [-0.05, 0) is 48.0 Å². The van der Waals surface area contributed by atoms with Gasteiger partial charge < -0.3 is 9.29 Å². The SMILES string of the molecule is CCCCCCCCCCCCCCCC(CC)[S+]([O-])c1c(OC(C)=O)ccc2ccccc12. The Balaban J connectivity index is 1.77. The number of carbonyl (C=O) groups is 1. The highest BCUT2D eigenvalue weighted by molar-refractivity contribution is 7.92. The predicted molar refractivity (Wildman–Crippen MR) is 146 cm³/mol. The van der Waals surface area contributed by atoms with E-state index in [1.807, 2.05) is 30.3 Å². The molecule has 0 saturated carbocycles. The van der Waals surface area contributed by atoms with Gasteiger partial charge in [-0.3, -0.25) is 4.79 Å². The first-order valence-electron chi connectivity index (χ1n) is 13.7. The molecule has 2 aromatic rings. The molecule has 4 heteroatoms. The van der Waals surface area contributed by atoms with Gasteiger partial charge in [-0.2, -0.15) is 0 Å². The molecular weight excluding hydrogens is 440 g/mol. The van der Waals surface area contributed by atoms with Gasteiger partial charge in [0.1, 0.15) is 5.25 Å². The summed E-state index contributed by atoms with van der Waals surface area (Å²) in [6.07, 6.45) is 19.2. The molecule has 2 aromatic carbocycles. The van der Waals surface area contributed by atoms with Gasteiger partial charge >= 0.3 is 5.97 Å². The molecule has 0 bridgehead atoms. The maximum absolute atomic E-state index is 13.7. The molecule has 0 spiro atoms. The van der Waals surface area contributed by atoms with Crippen molar-refractivity contribution in [1.82, 2.24) is 0 Å². The van der Waals surface area contributed by atoms with Crippen LogP contribution in [0.25, 0.3) is 10.8 Å². The molecule has 34 heavy (non-hydrogen) atoms. The summed E-state index contributed by atoms with van der Waals surface area (Å²) < 4.78 is 19.1. The Morgan fingerprint density at radius 3 is 1.94 bits per heavy atom. The summed E-state index contributed by atoms with van der Waals surface area (Å²) in [6.45, 7) is 5.78. The van der Waals surface area contributed by atoms with Crippen LogP contribution in [-0.4, -0.2) is 15.8 Å². The van der Waals surface area contributed by atoms with Crippen molar-refractivity contribution in [3.63, 3.8) is 0 Å². The Morgan fingerprint density at radius 1 is 0.824 bits per heavy atom. The highest BCUT2D eigenvalue weighted by Crippen LogP contribution is 2.36. The molecule has 2 rings (SSSR count). The molecule has 0 radical (unpaired) electrons. The number of rotatable bonds is 18. The Labute approximate surface area is 211 Å². The lowest BCUT2D eigenvalue weighted by Crippen LogP contribution is -2.22. The largest absolute Gasteiger partial charge is 0.611 e. The van der Waals surface area contributed by atoms with Crippen molar-refractivity contribution in [2.75, 3.05) is 0 Å². The Bertz CT molecular complexity index is 835. The first-order chi connectivity index (χ1) is 16.6. The molecule has 2 atom stereocenters. The first kappa shape index (κ1) is 28.7. The summed E-state index contributed by atoms with van der Waals surface area (Å²) in [6, 6.07) is 11.6. The van der Waals surface area contributed by atoms with E-state index in [4.69, 9.17) is 4.74 Å². The van der Waals surface area contributed by atoms with Gasteiger partial charge in [-0.25, -0.2) is 0 Å². The molecule has 0 aliphatic heterocycles. The predicted octanol–water partition coefficient (Wildman–Crippen LogP) is 9.13. The van der Waals surface area contributed by atoms with E-state index < -0.39 is 11.2 Å². The minimum Gasteiger partial charge on any atom is -0.611 e. The highest BCUT2D eigenvalue weighted by Gasteiger charge is 2.29. The topological polar surface area (TPSA) is 49.4 Å². The summed E-state index contributed by atoms with van der Waals surface area (Å²) in [7, 11) is 0. The zero-order valence-corrected chi connectivity index (χ0v) is 22.6. The maximum Gasteiger partial charge on any atom is 0.308 e. The minimum absolute atomic E-state index is 0.0767. The standard InChI is InChI=1S/C30H46O3S/c1-4-6-7-8-9-10-11-12-13-14-15-16-17-21-27(5-2)34(32)30-28-22-19-18-20-26(28)23-24-29(30)33-25(3)31/h18-20,22-24,27H,4-17,21H2,1-3H3. The first-order valence-corrected chi connectivity index (χ1v) is 14.9. The van der Waals surface area contributed by atoms with E-state index in [1.54, 1.807) is 6.07 Å². The van der Waals surface area contributed by atoms with Crippen molar-refractivity contribution < 1.29 is 14.1 Å². The quantitative estimate of drug-likeness (QED) is 0.0913. The average molecular weight is 487 g/mol.